The average molecular weight is 294 g/mol. The molecular formula is C11H20ClN3O2S. The van der Waals surface area contributed by atoms with E-state index in [0.29, 0.717) is 18.7 Å². The van der Waals surface area contributed by atoms with Crippen LogP contribution in [0.4, 0.5) is 5.69 Å². The Bertz CT molecular complexity index is 446. The first-order valence-electron chi connectivity index (χ1n) is 5.50. The van der Waals surface area contributed by atoms with Gasteiger partial charge in [0.05, 0.1) is 0 Å². The molecule has 0 bridgehead atoms. The Morgan fingerprint density at radius 3 is 2.28 bits per heavy atom. The number of rotatable bonds is 6. The Morgan fingerprint density at radius 2 is 1.78 bits per heavy atom. The number of halogens is 1. The summed E-state index contributed by atoms with van der Waals surface area (Å²) in [6, 6.07) is 7.27. The summed E-state index contributed by atoms with van der Waals surface area (Å²) in [5, 5.41) is 0. The number of anilines is 1. The van der Waals surface area contributed by atoms with Gasteiger partial charge in [-0.1, -0.05) is 12.1 Å². The molecule has 0 amide bonds. The molecular weight excluding hydrogens is 274 g/mol. The van der Waals surface area contributed by atoms with Crippen LogP contribution in [0.25, 0.3) is 0 Å². The fourth-order valence-corrected chi connectivity index (χ4v) is 2.44. The summed E-state index contributed by atoms with van der Waals surface area (Å²) in [5.74, 6) is 0. The second-order valence-electron chi connectivity index (χ2n) is 4.16. The summed E-state index contributed by atoms with van der Waals surface area (Å²) in [6.07, 6.45) is 0.638. The van der Waals surface area contributed by atoms with Gasteiger partial charge in [-0.15, -0.1) is 12.4 Å². The van der Waals surface area contributed by atoms with E-state index < -0.39 is 10.2 Å². The first-order valence-corrected chi connectivity index (χ1v) is 6.99. The smallest absolute Gasteiger partial charge is 0.277 e. The molecule has 18 heavy (non-hydrogen) atoms. The van der Waals surface area contributed by atoms with E-state index in [0.717, 1.165) is 5.56 Å². The molecule has 0 aromatic heterocycles. The zero-order chi connectivity index (χ0) is 12.9. The number of hydrogen-bond acceptors (Lipinski definition) is 3. The Kier molecular flexibility index (Phi) is 7.23. The van der Waals surface area contributed by atoms with E-state index in [1.807, 2.05) is 12.1 Å². The van der Waals surface area contributed by atoms with Gasteiger partial charge in [0.2, 0.25) is 0 Å². The third-order valence-corrected chi connectivity index (χ3v) is 3.44. The molecule has 1 rings (SSSR count). The molecule has 0 aliphatic heterocycles. The van der Waals surface area contributed by atoms with Crippen LogP contribution in [0.1, 0.15) is 19.4 Å². The van der Waals surface area contributed by atoms with Gasteiger partial charge < -0.3 is 5.73 Å². The van der Waals surface area contributed by atoms with Crippen LogP contribution >= 0.6 is 12.4 Å². The van der Waals surface area contributed by atoms with Crippen LogP contribution < -0.4 is 15.2 Å². The zero-order valence-corrected chi connectivity index (χ0v) is 12.1. The van der Waals surface area contributed by atoms with E-state index in [1.165, 1.54) is 0 Å². The van der Waals surface area contributed by atoms with Crippen molar-refractivity contribution < 1.29 is 8.42 Å². The van der Waals surface area contributed by atoms with E-state index >= 15 is 0 Å². The second-order valence-corrected chi connectivity index (χ2v) is 5.69. The van der Waals surface area contributed by atoms with Gasteiger partial charge in [-0.3, -0.25) is 0 Å². The molecule has 1 aromatic carbocycles. The first kappa shape index (κ1) is 17.2. The van der Waals surface area contributed by atoms with Crippen molar-refractivity contribution in [3.8, 4) is 0 Å². The van der Waals surface area contributed by atoms with Gasteiger partial charge in [-0.25, -0.2) is 4.72 Å². The zero-order valence-electron chi connectivity index (χ0n) is 10.5. The Balaban J connectivity index is 0.00000289. The van der Waals surface area contributed by atoms with Crippen molar-refractivity contribution in [2.45, 2.75) is 26.3 Å². The van der Waals surface area contributed by atoms with Crippen molar-refractivity contribution >= 4 is 28.3 Å². The van der Waals surface area contributed by atoms with Gasteiger partial charge in [-0.05, 0) is 38.0 Å². The van der Waals surface area contributed by atoms with Gasteiger partial charge in [0.15, 0.2) is 0 Å². The highest BCUT2D eigenvalue weighted by atomic mass is 35.5. The number of nitrogens with two attached hydrogens (primary N) is 1. The number of nitrogens with one attached hydrogen (secondary N) is 2. The van der Waals surface area contributed by atoms with Crippen molar-refractivity contribution in [2.75, 3.05) is 12.3 Å². The third-order valence-electron chi connectivity index (χ3n) is 2.08. The molecule has 0 fully saturated rings. The maximum Gasteiger partial charge on any atom is 0.277 e. The van der Waals surface area contributed by atoms with Crippen molar-refractivity contribution in [3.05, 3.63) is 29.8 Å². The lowest BCUT2D eigenvalue weighted by Gasteiger charge is -2.10. The van der Waals surface area contributed by atoms with E-state index in [2.05, 4.69) is 9.44 Å². The molecule has 4 N–H and O–H groups in total. The van der Waals surface area contributed by atoms with Gasteiger partial charge in [0.1, 0.15) is 0 Å². The summed E-state index contributed by atoms with van der Waals surface area (Å²) < 4.78 is 27.8. The first-order chi connectivity index (χ1) is 7.89. The third kappa shape index (κ3) is 6.80. The fourth-order valence-electron chi connectivity index (χ4n) is 1.37. The van der Waals surface area contributed by atoms with Crippen molar-refractivity contribution in [1.29, 1.82) is 0 Å². The molecule has 1 aromatic rings. The number of hydrogen-bond donors (Lipinski definition) is 3. The summed E-state index contributed by atoms with van der Waals surface area (Å²) in [5.41, 5.74) is 7.31. The van der Waals surface area contributed by atoms with E-state index in [9.17, 15) is 8.42 Å². The van der Waals surface area contributed by atoms with Gasteiger partial charge in [-0.2, -0.15) is 13.1 Å². The lowest BCUT2D eigenvalue weighted by atomic mass is 10.1. The molecule has 7 heteroatoms. The predicted octanol–water partition coefficient (Wildman–Crippen LogP) is 1.07. The van der Waals surface area contributed by atoms with Crippen LogP contribution in [0.2, 0.25) is 0 Å². The second kappa shape index (κ2) is 7.58. The molecule has 0 heterocycles. The summed E-state index contributed by atoms with van der Waals surface area (Å²) in [7, 11) is -3.38. The maximum absolute atomic E-state index is 11.4. The minimum Gasteiger partial charge on any atom is -0.399 e. The van der Waals surface area contributed by atoms with Crippen molar-refractivity contribution in [1.82, 2.24) is 9.44 Å². The molecule has 0 atom stereocenters. The minimum absolute atomic E-state index is 0. The number of nitrogen functional groups attached to an aromatic ring is 1. The monoisotopic (exact) mass is 293 g/mol. The van der Waals surface area contributed by atoms with E-state index in [4.69, 9.17) is 5.73 Å². The van der Waals surface area contributed by atoms with Crippen molar-refractivity contribution in [2.24, 2.45) is 0 Å². The molecule has 0 radical (unpaired) electrons. The Morgan fingerprint density at radius 1 is 1.22 bits per heavy atom. The molecule has 0 aliphatic rings. The molecule has 0 saturated carbocycles. The van der Waals surface area contributed by atoms with Crippen LogP contribution in [0.5, 0.6) is 0 Å². The Labute approximate surface area is 115 Å². The lowest BCUT2D eigenvalue weighted by Crippen LogP contribution is -2.41. The highest BCUT2D eigenvalue weighted by Gasteiger charge is 2.09. The standard InChI is InChI=1S/C11H19N3O2S.ClH/c1-9(2)14-17(15,16)13-8-7-10-3-5-11(12)6-4-10;/h3-6,9,13-14H,7-8,12H2,1-2H3;1H. The van der Waals surface area contributed by atoms with Gasteiger partial charge in [0.25, 0.3) is 10.2 Å². The largest absolute Gasteiger partial charge is 0.399 e. The van der Waals surface area contributed by atoms with Gasteiger partial charge in [0, 0.05) is 18.3 Å². The quantitative estimate of drug-likeness (QED) is 0.686. The normalized spacial score (nSPS) is 11.3. The molecule has 0 saturated heterocycles. The Hall–Kier alpha value is -0.820. The van der Waals surface area contributed by atoms with Gasteiger partial charge >= 0.3 is 0 Å². The predicted molar refractivity (Wildman–Crippen MR) is 77.0 cm³/mol. The van der Waals surface area contributed by atoms with Crippen molar-refractivity contribution in [3.63, 3.8) is 0 Å². The van der Waals surface area contributed by atoms with E-state index in [1.54, 1.807) is 26.0 Å². The highest BCUT2D eigenvalue weighted by Crippen LogP contribution is 2.05. The molecule has 0 spiro atoms. The fraction of sp³-hybridized carbons (Fsp3) is 0.455. The topological polar surface area (TPSA) is 84.2 Å². The summed E-state index contributed by atoms with van der Waals surface area (Å²) in [4.78, 5) is 0. The minimum atomic E-state index is -3.38. The summed E-state index contributed by atoms with van der Waals surface area (Å²) in [6.45, 7) is 3.92. The SMILES string of the molecule is CC(C)NS(=O)(=O)NCCc1ccc(N)cc1.Cl. The highest BCUT2D eigenvalue weighted by molar-refractivity contribution is 7.87. The lowest BCUT2D eigenvalue weighted by molar-refractivity contribution is 0.555. The van der Waals surface area contributed by atoms with Crippen LogP contribution in [-0.2, 0) is 16.6 Å². The summed E-state index contributed by atoms with van der Waals surface area (Å²) >= 11 is 0. The average Bonchev–Trinajstić information content (AvgIpc) is 2.18. The van der Waals surface area contributed by atoms with Crippen LogP contribution in [0, 0.1) is 0 Å². The van der Waals surface area contributed by atoms with Crippen LogP contribution in [0.15, 0.2) is 24.3 Å². The molecule has 5 nitrogen and oxygen atoms in total. The maximum atomic E-state index is 11.4. The van der Waals surface area contributed by atoms with E-state index in [-0.39, 0.29) is 18.4 Å². The molecule has 104 valence electrons. The van der Waals surface area contributed by atoms with Crippen LogP contribution in [-0.4, -0.2) is 21.0 Å². The number of benzene rings is 1. The molecule has 0 aliphatic carbocycles. The van der Waals surface area contributed by atoms with Crippen LogP contribution in [0.3, 0.4) is 0 Å². The molecule has 0 unspecified atom stereocenters.